The van der Waals surface area contributed by atoms with Gasteiger partial charge in [-0.3, -0.25) is 9.69 Å². The van der Waals surface area contributed by atoms with Crippen molar-refractivity contribution in [2.75, 3.05) is 43.0 Å². The Kier molecular flexibility index (Phi) is 7.04. The highest BCUT2D eigenvalue weighted by atomic mass is 16.5. The summed E-state index contributed by atoms with van der Waals surface area (Å²) in [5.74, 6) is 1.49. The Morgan fingerprint density at radius 1 is 1.24 bits per heavy atom. The number of ether oxygens (including phenoxy) is 1. The number of nitriles is 1. The highest BCUT2D eigenvalue weighted by Crippen LogP contribution is 2.20. The molecule has 7 heteroatoms. The van der Waals surface area contributed by atoms with Crippen LogP contribution in [-0.2, 0) is 4.79 Å². The average molecular weight is 393 g/mol. The van der Waals surface area contributed by atoms with E-state index in [0.717, 1.165) is 49.9 Å². The van der Waals surface area contributed by atoms with Gasteiger partial charge in [-0.25, -0.2) is 4.98 Å². The maximum absolute atomic E-state index is 12.7. The van der Waals surface area contributed by atoms with Gasteiger partial charge in [-0.1, -0.05) is 0 Å². The number of nitrogens with one attached hydrogen (secondary N) is 1. The van der Waals surface area contributed by atoms with Crippen molar-refractivity contribution in [1.29, 1.82) is 5.26 Å². The molecular weight excluding hydrogens is 366 g/mol. The Morgan fingerprint density at radius 3 is 2.76 bits per heavy atom. The summed E-state index contributed by atoms with van der Waals surface area (Å²) < 4.78 is 5.43. The van der Waals surface area contributed by atoms with E-state index in [2.05, 4.69) is 26.2 Å². The number of rotatable bonds is 6. The van der Waals surface area contributed by atoms with E-state index in [0.29, 0.717) is 12.2 Å². The van der Waals surface area contributed by atoms with Gasteiger partial charge < -0.3 is 15.0 Å². The Hall–Kier alpha value is -3.11. The van der Waals surface area contributed by atoms with Crippen LogP contribution < -0.4 is 15.0 Å². The van der Waals surface area contributed by atoms with E-state index in [4.69, 9.17) is 4.74 Å². The van der Waals surface area contributed by atoms with E-state index in [9.17, 15) is 10.1 Å². The van der Waals surface area contributed by atoms with E-state index in [1.807, 2.05) is 38.1 Å². The third-order valence-corrected chi connectivity index (χ3v) is 5.10. The monoisotopic (exact) mass is 393 g/mol. The summed E-state index contributed by atoms with van der Waals surface area (Å²) >= 11 is 0. The third kappa shape index (κ3) is 5.24. The van der Waals surface area contributed by atoms with Crippen molar-refractivity contribution in [2.24, 2.45) is 0 Å². The average Bonchev–Trinajstić information content (AvgIpc) is 3.01. The number of anilines is 2. The van der Waals surface area contributed by atoms with Crippen LogP contribution in [0.2, 0.25) is 0 Å². The lowest BCUT2D eigenvalue weighted by Gasteiger charge is -2.27. The van der Waals surface area contributed by atoms with Crippen LogP contribution in [0.25, 0.3) is 0 Å². The highest BCUT2D eigenvalue weighted by molar-refractivity contribution is 5.94. The molecule has 0 spiro atoms. The first kappa shape index (κ1) is 20.6. The molecule has 0 bridgehead atoms. The van der Waals surface area contributed by atoms with Crippen molar-refractivity contribution in [2.45, 2.75) is 26.3 Å². The van der Waals surface area contributed by atoms with E-state index in [1.54, 1.807) is 18.3 Å². The van der Waals surface area contributed by atoms with Crippen LogP contribution in [0.5, 0.6) is 5.75 Å². The molecule has 1 N–H and O–H groups in total. The predicted octanol–water partition coefficient (Wildman–Crippen LogP) is 2.89. The van der Waals surface area contributed by atoms with Crippen LogP contribution >= 0.6 is 0 Å². The molecule has 1 aliphatic heterocycles. The van der Waals surface area contributed by atoms with Gasteiger partial charge in [-0.15, -0.1) is 0 Å². The quantitative estimate of drug-likeness (QED) is 0.813. The second-order valence-electron chi connectivity index (χ2n) is 6.99. The number of amides is 1. The normalized spacial score (nSPS) is 15.8. The van der Waals surface area contributed by atoms with Gasteiger partial charge in [0, 0.05) is 38.1 Å². The molecule has 7 nitrogen and oxygen atoms in total. The van der Waals surface area contributed by atoms with Gasteiger partial charge in [-0.2, -0.15) is 5.26 Å². The summed E-state index contributed by atoms with van der Waals surface area (Å²) in [5, 5.41) is 12.3. The van der Waals surface area contributed by atoms with Crippen LogP contribution in [0.3, 0.4) is 0 Å². The van der Waals surface area contributed by atoms with Crippen LogP contribution in [0.15, 0.2) is 42.6 Å². The van der Waals surface area contributed by atoms with Gasteiger partial charge in [-0.05, 0) is 56.7 Å². The molecule has 0 radical (unpaired) electrons. The Labute approximate surface area is 171 Å². The number of pyridine rings is 1. The highest BCUT2D eigenvalue weighted by Gasteiger charge is 2.25. The Bertz CT molecular complexity index is 862. The van der Waals surface area contributed by atoms with Gasteiger partial charge in [0.2, 0.25) is 5.91 Å². The van der Waals surface area contributed by atoms with E-state index >= 15 is 0 Å². The first-order valence-corrected chi connectivity index (χ1v) is 10.00. The summed E-state index contributed by atoms with van der Waals surface area (Å²) in [5.41, 5.74) is 1.34. The summed E-state index contributed by atoms with van der Waals surface area (Å²) in [6.45, 7) is 7.59. The summed E-state index contributed by atoms with van der Waals surface area (Å²) in [7, 11) is 0. The van der Waals surface area contributed by atoms with Gasteiger partial charge in [0.15, 0.2) is 0 Å². The summed E-state index contributed by atoms with van der Waals surface area (Å²) in [6, 6.07) is 12.9. The smallest absolute Gasteiger partial charge is 0.241 e. The first-order chi connectivity index (χ1) is 14.1. The lowest BCUT2D eigenvalue weighted by molar-refractivity contribution is -0.120. The molecule has 2 heterocycles. The second-order valence-corrected chi connectivity index (χ2v) is 6.99. The molecule has 0 aliphatic carbocycles. The maximum atomic E-state index is 12.7. The van der Waals surface area contributed by atoms with Crippen molar-refractivity contribution < 1.29 is 9.53 Å². The molecule has 1 saturated heterocycles. The molecule has 3 rings (SSSR count). The number of carbonyl (C=O) groups excluding carboxylic acids is 1. The molecule has 1 aromatic heterocycles. The predicted molar refractivity (Wildman–Crippen MR) is 113 cm³/mol. The molecule has 0 saturated carbocycles. The maximum Gasteiger partial charge on any atom is 0.241 e. The fraction of sp³-hybridized carbons (Fsp3) is 0.409. The topological polar surface area (TPSA) is 81.5 Å². The van der Waals surface area contributed by atoms with E-state index in [-0.39, 0.29) is 11.9 Å². The van der Waals surface area contributed by atoms with Crippen molar-refractivity contribution >= 4 is 17.4 Å². The van der Waals surface area contributed by atoms with Crippen LogP contribution in [0.4, 0.5) is 11.5 Å². The third-order valence-electron chi connectivity index (χ3n) is 5.10. The zero-order valence-corrected chi connectivity index (χ0v) is 17.0. The zero-order valence-electron chi connectivity index (χ0n) is 17.0. The number of hydrogen-bond acceptors (Lipinski definition) is 6. The minimum atomic E-state index is -0.249. The Morgan fingerprint density at radius 2 is 2.03 bits per heavy atom. The fourth-order valence-corrected chi connectivity index (χ4v) is 3.49. The first-order valence-electron chi connectivity index (χ1n) is 10.00. The van der Waals surface area contributed by atoms with Gasteiger partial charge in [0.05, 0.1) is 18.2 Å². The SMILES string of the molecule is CCOc1ccc(NC(=O)C(C)N2CCCN(c3ncccc3C#N)CC2)cc1. The number of carbonyl (C=O) groups is 1. The second kappa shape index (κ2) is 9.89. The molecule has 152 valence electrons. The molecule has 1 atom stereocenters. The minimum absolute atomic E-state index is 0.0295. The van der Waals surface area contributed by atoms with Crippen molar-refractivity contribution in [3.8, 4) is 11.8 Å². The number of nitrogens with zero attached hydrogens (tertiary/aromatic N) is 4. The minimum Gasteiger partial charge on any atom is -0.494 e. The molecule has 1 unspecified atom stereocenters. The van der Waals surface area contributed by atoms with Crippen molar-refractivity contribution in [3.63, 3.8) is 0 Å². The molecule has 1 fully saturated rings. The molecule has 1 aromatic carbocycles. The zero-order chi connectivity index (χ0) is 20.6. The molecule has 29 heavy (non-hydrogen) atoms. The van der Waals surface area contributed by atoms with E-state index in [1.165, 1.54) is 0 Å². The van der Waals surface area contributed by atoms with E-state index < -0.39 is 0 Å². The molecule has 1 amide bonds. The fourth-order valence-electron chi connectivity index (χ4n) is 3.49. The lowest BCUT2D eigenvalue weighted by atomic mass is 10.2. The summed E-state index contributed by atoms with van der Waals surface area (Å²) in [4.78, 5) is 21.4. The van der Waals surface area contributed by atoms with Crippen LogP contribution in [-0.4, -0.2) is 54.6 Å². The number of hydrogen-bond donors (Lipinski definition) is 1. The largest absolute Gasteiger partial charge is 0.494 e. The standard InChI is InChI=1S/C22H27N5O2/c1-3-29-20-9-7-19(8-10-20)25-22(28)17(2)26-12-5-13-27(15-14-26)21-18(16-23)6-4-11-24-21/h4,6-11,17H,3,5,12-15H2,1-2H3,(H,25,28). The van der Waals surface area contributed by atoms with Crippen molar-refractivity contribution in [3.05, 3.63) is 48.2 Å². The molecule has 2 aromatic rings. The van der Waals surface area contributed by atoms with Gasteiger partial charge >= 0.3 is 0 Å². The number of benzene rings is 1. The Balaban J connectivity index is 1.59. The summed E-state index contributed by atoms with van der Waals surface area (Å²) in [6.07, 6.45) is 2.62. The lowest BCUT2D eigenvalue weighted by Crippen LogP contribution is -2.44. The van der Waals surface area contributed by atoms with Gasteiger partial charge in [0.1, 0.15) is 17.6 Å². The van der Waals surface area contributed by atoms with Crippen LogP contribution in [0.1, 0.15) is 25.8 Å². The van der Waals surface area contributed by atoms with Crippen LogP contribution in [0, 0.1) is 11.3 Å². The molecular formula is C22H27N5O2. The van der Waals surface area contributed by atoms with Crippen molar-refractivity contribution in [1.82, 2.24) is 9.88 Å². The molecule has 1 aliphatic rings. The number of aromatic nitrogens is 1. The van der Waals surface area contributed by atoms with Gasteiger partial charge in [0.25, 0.3) is 0 Å².